The molecule has 41 heavy (non-hydrogen) atoms. The van der Waals surface area contributed by atoms with Crippen molar-refractivity contribution >= 4 is 28.9 Å². The summed E-state index contributed by atoms with van der Waals surface area (Å²) in [6.45, 7) is 13.0. The summed E-state index contributed by atoms with van der Waals surface area (Å²) in [6.07, 6.45) is -5.27. The Morgan fingerprint density at radius 2 is 1.41 bits per heavy atom. The number of alkyl halides is 3. The second-order valence-electron chi connectivity index (χ2n) is 9.43. The summed E-state index contributed by atoms with van der Waals surface area (Å²) in [5.74, 6) is 2.24. The fraction of sp³-hybridized carbons (Fsp3) is 0.333. The Kier molecular flexibility index (Phi) is 15.1. The Morgan fingerprint density at radius 1 is 0.902 bits per heavy atom. The van der Waals surface area contributed by atoms with Crippen molar-refractivity contribution in [1.82, 2.24) is 14.8 Å². The summed E-state index contributed by atoms with van der Waals surface area (Å²) in [6, 6.07) is 11.0. The maximum atomic E-state index is 13.1. The fourth-order valence-corrected chi connectivity index (χ4v) is 2.63. The minimum Gasteiger partial charge on any atom is -0.463 e. The van der Waals surface area contributed by atoms with Crippen LogP contribution in [0.2, 0.25) is 0 Å². The quantitative estimate of drug-likeness (QED) is 0.154. The molecule has 0 saturated heterocycles. The SMILES string of the molecule is CC(C)C.CC(C)C.Nc1nccc2ccc(-n3nc(C(F)(F)F)cc3-c3ccco3)cc12.O=C(O)O.O=C(O)O. The zero-order chi connectivity index (χ0) is 31.9. The Labute approximate surface area is 234 Å². The number of hydrogen-bond donors (Lipinski definition) is 5. The van der Waals surface area contributed by atoms with Gasteiger partial charge >= 0.3 is 18.5 Å². The molecule has 0 unspecified atom stereocenters. The van der Waals surface area contributed by atoms with E-state index in [-0.39, 0.29) is 11.5 Å². The zero-order valence-corrected chi connectivity index (χ0v) is 23.4. The van der Waals surface area contributed by atoms with Gasteiger partial charge in [0, 0.05) is 17.6 Å². The summed E-state index contributed by atoms with van der Waals surface area (Å²) < 4.78 is 45.8. The van der Waals surface area contributed by atoms with Crippen molar-refractivity contribution in [3.63, 3.8) is 0 Å². The number of pyridine rings is 1. The number of carboxylic acid groups (broad SMARTS) is 4. The molecule has 0 amide bonds. The van der Waals surface area contributed by atoms with Crippen LogP contribution in [-0.4, -0.2) is 47.5 Å². The highest BCUT2D eigenvalue weighted by molar-refractivity contribution is 5.92. The van der Waals surface area contributed by atoms with Gasteiger partial charge in [-0.3, -0.25) is 0 Å². The molecular formula is C27H35F3N4O7. The number of carbonyl (C=O) groups is 2. The summed E-state index contributed by atoms with van der Waals surface area (Å²) in [5.41, 5.74) is 5.49. The number of halogens is 3. The van der Waals surface area contributed by atoms with Gasteiger partial charge in [-0.15, -0.1) is 0 Å². The third-order valence-electron chi connectivity index (χ3n) is 3.80. The van der Waals surface area contributed by atoms with Gasteiger partial charge in [0.05, 0.1) is 12.0 Å². The molecule has 0 radical (unpaired) electrons. The first-order valence-corrected chi connectivity index (χ1v) is 12.1. The maximum absolute atomic E-state index is 13.1. The van der Waals surface area contributed by atoms with Gasteiger partial charge in [-0.2, -0.15) is 18.3 Å². The van der Waals surface area contributed by atoms with E-state index < -0.39 is 24.2 Å². The summed E-state index contributed by atoms with van der Waals surface area (Å²) >= 11 is 0. The lowest BCUT2D eigenvalue weighted by molar-refractivity contribution is -0.141. The van der Waals surface area contributed by atoms with Crippen LogP contribution < -0.4 is 5.73 Å². The minimum atomic E-state index is -4.57. The molecule has 0 saturated carbocycles. The van der Waals surface area contributed by atoms with E-state index in [1.165, 1.54) is 10.9 Å². The first kappa shape index (κ1) is 36.2. The molecule has 0 bridgehead atoms. The van der Waals surface area contributed by atoms with Crippen molar-refractivity contribution in [2.75, 3.05) is 5.73 Å². The number of nitrogens with zero attached hydrogens (tertiary/aromatic N) is 3. The normalized spacial score (nSPS) is 10.2. The van der Waals surface area contributed by atoms with Gasteiger partial charge in [-0.05, 0) is 47.6 Å². The van der Waals surface area contributed by atoms with Crippen molar-refractivity contribution in [3.8, 4) is 17.1 Å². The molecule has 6 N–H and O–H groups in total. The van der Waals surface area contributed by atoms with Crippen LogP contribution in [0.15, 0.2) is 59.3 Å². The summed E-state index contributed by atoms with van der Waals surface area (Å²) in [5, 5.41) is 33.1. The predicted molar refractivity (Wildman–Crippen MR) is 148 cm³/mol. The molecule has 11 nitrogen and oxygen atoms in total. The highest BCUT2D eigenvalue weighted by atomic mass is 19.4. The number of anilines is 1. The molecular weight excluding hydrogens is 549 g/mol. The first-order chi connectivity index (χ1) is 18.9. The highest BCUT2D eigenvalue weighted by Crippen LogP contribution is 2.34. The Hall–Kier alpha value is -4.75. The summed E-state index contributed by atoms with van der Waals surface area (Å²) in [7, 11) is 0. The second-order valence-corrected chi connectivity index (χ2v) is 9.43. The van der Waals surface area contributed by atoms with E-state index in [1.807, 2.05) is 0 Å². The van der Waals surface area contributed by atoms with E-state index in [0.717, 1.165) is 23.3 Å². The van der Waals surface area contributed by atoms with Crippen molar-refractivity contribution in [2.45, 2.75) is 47.7 Å². The third-order valence-corrected chi connectivity index (χ3v) is 3.80. The number of fused-ring (bicyclic) bond motifs is 1. The van der Waals surface area contributed by atoms with E-state index in [2.05, 4.69) is 51.6 Å². The van der Waals surface area contributed by atoms with E-state index in [0.29, 0.717) is 16.9 Å². The molecule has 4 rings (SSSR count). The van der Waals surface area contributed by atoms with Crippen molar-refractivity contribution in [1.29, 1.82) is 0 Å². The topological polar surface area (TPSA) is 185 Å². The second kappa shape index (κ2) is 17.0. The van der Waals surface area contributed by atoms with E-state index in [9.17, 15) is 13.2 Å². The van der Waals surface area contributed by atoms with Crippen LogP contribution in [0.1, 0.15) is 47.2 Å². The van der Waals surface area contributed by atoms with Gasteiger partial charge < -0.3 is 30.6 Å². The van der Waals surface area contributed by atoms with Gasteiger partial charge in [0.1, 0.15) is 11.5 Å². The molecule has 226 valence electrons. The van der Waals surface area contributed by atoms with Crippen molar-refractivity contribution < 1.29 is 47.6 Å². The number of benzene rings is 1. The lowest BCUT2D eigenvalue weighted by atomic mass is 10.1. The van der Waals surface area contributed by atoms with Crippen LogP contribution in [-0.2, 0) is 6.18 Å². The van der Waals surface area contributed by atoms with Crippen LogP contribution in [0.3, 0.4) is 0 Å². The number of nitrogens with two attached hydrogens (primary N) is 1. The number of nitrogen functional groups attached to an aromatic ring is 1. The monoisotopic (exact) mass is 584 g/mol. The van der Waals surface area contributed by atoms with Gasteiger partial charge in [-0.1, -0.05) is 47.6 Å². The molecule has 0 fully saturated rings. The van der Waals surface area contributed by atoms with Crippen LogP contribution in [0.4, 0.5) is 28.6 Å². The lowest BCUT2D eigenvalue weighted by Gasteiger charge is -2.08. The fourth-order valence-electron chi connectivity index (χ4n) is 2.63. The Bertz CT molecular complexity index is 1320. The molecule has 14 heteroatoms. The molecule has 3 aromatic heterocycles. The molecule has 4 aromatic rings. The minimum absolute atomic E-state index is 0.194. The van der Waals surface area contributed by atoms with E-state index in [1.54, 1.807) is 42.6 Å². The zero-order valence-electron chi connectivity index (χ0n) is 23.4. The van der Waals surface area contributed by atoms with Gasteiger partial charge in [0.15, 0.2) is 11.5 Å². The van der Waals surface area contributed by atoms with Crippen LogP contribution in [0.5, 0.6) is 0 Å². The third kappa shape index (κ3) is 14.8. The smallest absolute Gasteiger partial charge is 0.463 e. The van der Waals surface area contributed by atoms with E-state index in [4.69, 9.17) is 40.2 Å². The average molecular weight is 585 g/mol. The lowest BCUT2D eigenvalue weighted by Crippen LogP contribution is -2.07. The number of hydrogen-bond acceptors (Lipinski definition) is 6. The molecule has 0 atom stereocenters. The van der Waals surface area contributed by atoms with Crippen molar-refractivity contribution in [3.05, 3.63) is 60.6 Å². The molecule has 3 heterocycles. The largest absolute Gasteiger partial charge is 0.503 e. The molecule has 1 aromatic carbocycles. The summed E-state index contributed by atoms with van der Waals surface area (Å²) in [4.78, 5) is 21.1. The predicted octanol–water partition coefficient (Wildman–Crippen LogP) is 8.05. The highest BCUT2D eigenvalue weighted by Gasteiger charge is 2.35. The Morgan fingerprint density at radius 3 is 1.85 bits per heavy atom. The first-order valence-electron chi connectivity index (χ1n) is 12.1. The molecule has 0 aliphatic heterocycles. The number of rotatable bonds is 2. The van der Waals surface area contributed by atoms with Crippen LogP contribution in [0, 0.1) is 11.8 Å². The van der Waals surface area contributed by atoms with Gasteiger partial charge in [0.2, 0.25) is 0 Å². The Balaban J connectivity index is 0.000000830. The maximum Gasteiger partial charge on any atom is 0.503 e. The average Bonchev–Trinajstić information content (AvgIpc) is 3.48. The number of aromatic nitrogens is 3. The van der Waals surface area contributed by atoms with Crippen molar-refractivity contribution in [2.24, 2.45) is 11.8 Å². The van der Waals surface area contributed by atoms with Gasteiger partial charge in [-0.25, -0.2) is 19.3 Å². The van der Waals surface area contributed by atoms with Crippen LogP contribution >= 0.6 is 0 Å². The van der Waals surface area contributed by atoms with E-state index >= 15 is 0 Å². The number of furan rings is 1. The molecule has 0 aliphatic rings. The standard InChI is InChI=1S/C17H11F3N4O.2C4H10.2CH2O3/c18-17(19,20)15-9-13(14-2-1-7-25-14)24(23-15)11-4-3-10-5-6-22-16(21)12(10)8-11;2*1-4(2)3;2*2-1(3)4/h1-9H,(H2,21,22);2*4H,1-3H3;2*(H2,2,3,4). The molecule has 0 spiro atoms. The van der Waals surface area contributed by atoms with Crippen LogP contribution in [0.25, 0.3) is 27.9 Å². The van der Waals surface area contributed by atoms with Gasteiger partial charge in [0.25, 0.3) is 0 Å². The molecule has 0 aliphatic carbocycles.